The first-order valence-corrected chi connectivity index (χ1v) is 11.1. The maximum atomic E-state index is 14.7. The van der Waals surface area contributed by atoms with E-state index in [1.165, 1.54) is 24.3 Å². The summed E-state index contributed by atoms with van der Waals surface area (Å²) in [6, 6.07) is 8.78. The van der Waals surface area contributed by atoms with Crippen molar-refractivity contribution in [3.8, 4) is 16.3 Å². The van der Waals surface area contributed by atoms with E-state index in [1.807, 2.05) is 0 Å². The Morgan fingerprint density at radius 3 is 2.67 bits per heavy atom. The van der Waals surface area contributed by atoms with Crippen molar-refractivity contribution in [3.05, 3.63) is 70.5 Å². The van der Waals surface area contributed by atoms with Gasteiger partial charge in [-0.1, -0.05) is 12.1 Å². The quantitative estimate of drug-likeness (QED) is 0.457. The van der Waals surface area contributed by atoms with Crippen LogP contribution >= 0.6 is 11.3 Å². The Bertz CT molecular complexity index is 1110. The monoisotopic (exact) mass is 480 g/mol. The second kappa shape index (κ2) is 9.88. The summed E-state index contributed by atoms with van der Waals surface area (Å²) in [6.07, 6.45) is -2.51. The fourth-order valence-electron chi connectivity index (χ4n) is 3.32. The zero-order valence-electron chi connectivity index (χ0n) is 17.3. The third-order valence-electron chi connectivity index (χ3n) is 5.11. The van der Waals surface area contributed by atoms with Gasteiger partial charge < -0.3 is 14.8 Å². The Labute approximate surface area is 191 Å². The smallest absolute Gasteiger partial charge is 0.416 e. The summed E-state index contributed by atoms with van der Waals surface area (Å²) in [5.74, 6) is -0.701. The van der Waals surface area contributed by atoms with E-state index in [9.17, 15) is 22.4 Å². The standard InChI is InChI=1S/C23H20F4N2O3S/c24-19-10-16(32-12-14-3-5-15(6-4-14)23(25,26)27)7-8-18(19)22-29-20(13-33-22)21(30)28-11-17-2-1-9-31-17/h3-8,10,13,17H,1-2,9,11-12H2,(H,28,30)/t17-/m0/s1. The molecule has 174 valence electrons. The molecule has 1 aliphatic rings. The SMILES string of the molecule is O=C(NC[C@@H]1CCCO1)c1csc(-c2ccc(OCc3ccc(C(F)(F)F)cc3)cc2F)n1. The largest absolute Gasteiger partial charge is 0.489 e. The van der Waals surface area contributed by atoms with E-state index >= 15 is 0 Å². The summed E-state index contributed by atoms with van der Waals surface area (Å²) in [4.78, 5) is 16.5. The number of aromatic nitrogens is 1. The lowest BCUT2D eigenvalue weighted by Gasteiger charge is -2.10. The molecule has 0 unspecified atom stereocenters. The van der Waals surface area contributed by atoms with Crippen LogP contribution < -0.4 is 10.1 Å². The molecule has 3 aromatic rings. The predicted molar refractivity (Wildman–Crippen MR) is 115 cm³/mol. The Kier molecular flexibility index (Phi) is 6.94. The molecular weight excluding hydrogens is 460 g/mol. The van der Waals surface area contributed by atoms with Crippen LogP contribution in [0.2, 0.25) is 0 Å². The molecule has 5 nitrogen and oxygen atoms in total. The second-order valence-corrected chi connectivity index (χ2v) is 8.37. The summed E-state index contributed by atoms with van der Waals surface area (Å²) >= 11 is 1.15. The summed E-state index contributed by atoms with van der Waals surface area (Å²) < 4.78 is 63.5. The van der Waals surface area contributed by atoms with E-state index in [0.29, 0.717) is 23.7 Å². The van der Waals surface area contributed by atoms with Crippen LogP contribution in [0.3, 0.4) is 0 Å². The van der Waals surface area contributed by atoms with Crippen molar-refractivity contribution in [2.75, 3.05) is 13.2 Å². The van der Waals surface area contributed by atoms with Crippen LogP contribution in [0.1, 0.15) is 34.5 Å². The first-order valence-electron chi connectivity index (χ1n) is 10.2. The first kappa shape index (κ1) is 23.2. The van der Waals surface area contributed by atoms with Gasteiger partial charge in [0.25, 0.3) is 5.91 Å². The van der Waals surface area contributed by atoms with Gasteiger partial charge in [0.05, 0.1) is 11.7 Å². The van der Waals surface area contributed by atoms with Crippen LogP contribution in [0.5, 0.6) is 5.75 Å². The molecule has 33 heavy (non-hydrogen) atoms. The number of hydrogen-bond donors (Lipinski definition) is 1. The number of nitrogens with one attached hydrogen (secondary N) is 1. The Hall–Kier alpha value is -2.98. The molecule has 0 radical (unpaired) electrons. The number of carbonyl (C=O) groups excluding carboxylic acids is 1. The van der Waals surface area contributed by atoms with Gasteiger partial charge in [-0.3, -0.25) is 4.79 Å². The zero-order chi connectivity index (χ0) is 23.4. The summed E-state index contributed by atoms with van der Waals surface area (Å²) in [7, 11) is 0. The fraction of sp³-hybridized carbons (Fsp3) is 0.304. The molecule has 10 heteroatoms. The van der Waals surface area contributed by atoms with Gasteiger partial charge in [0.15, 0.2) is 0 Å². The van der Waals surface area contributed by atoms with Crippen molar-refractivity contribution in [1.82, 2.24) is 10.3 Å². The van der Waals surface area contributed by atoms with Crippen LogP contribution in [-0.2, 0) is 17.5 Å². The van der Waals surface area contributed by atoms with E-state index in [2.05, 4.69) is 10.3 Å². The number of amides is 1. The maximum Gasteiger partial charge on any atom is 0.416 e. The zero-order valence-corrected chi connectivity index (χ0v) is 18.1. The number of benzene rings is 2. The van der Waals surface area contributed by atoms with E-state index < -0.39 is 17.6 Å². The van der Waals surface area contributed by atoms with Gasteiger partial charge >= 0.3 is 6.18 Å². The molecule has 1 saturated heterocycles. The molecular formula is C23H20F4N2O3S. The van der Waals surface area contributed by atoms with Gasteiger partial charge in [-0.2, -0.15) is 13.2 Å². The van der Waals surface area contributed by atoms with Gasteiger partial charge in [0, 0.05) is 30.2 Å². The number of thiazole rings is 1. The van der Waals surface area contributed by atoms with Crippen molar-refractivity contribution in [3.63, 3.8) is 0 Å². The van der Waals surface area contributed by atoms with Crippen molar-refractivity contribution < 1.29 is 31.8 Å². The summed E-state index contributed by atoms with van der Waals surface area (Å²) in [5, 5.41) is 4.69. The molecule has 2 aromatic carbocycles. The normalized spacial score (nSPS) is 16.1. The fourth-order valence-corrected chi connectivity index (χ4v) is 4.15. The molecule has 0 saturated carbocycles. The van der Waals surface area contributed by atoms with Crippen LogP contribution in [0, 0.1) is 5.82 Å². The molecule has 4 rings (SSSR count). The van der Waals surface area contributed by atoms with Crippen LogP contribution in [0.15, 0.2) is 47.8 Å². The molecule has 1 N–H and O–H groups in total. The van der Waals surface area contributed by atoms with Gasteiger partial charge in [0.1, 0.15) is 28.9 Å². The number of nitrogens with zero attached hydrogens (tertiary/aromatic N) is 1. The van der Waals surface area contributed by atoms with Crippen molar-refractivity contribution in [1.29, 1.82) is 0 Å². The average Bonchev–Trinajstić information content (AvgIpc) is 3.48. The average molecular weight is 480 g/mol. The molecule has 1 atom stereocenters. The number of halogens is 4. The molecule has 1 amide bonds. The Morgan fingerprint density at radius 1 is 1.21 bits per heavy atom. The number of carbonyl (C=O) groups is 1. The number of alkyl halides is 3. The number of ether oxygens (including phenoxy) is 2. The highest BCUT2D eigenvalue weighted by Crippen LogP contribution is 2.31. The summed E-state index contributed by atoms with van der Waals surface area (Å²) in [5.41, 5.74) is 0.200. The van der Waals surface area contributed by atoms with Gasteiger partial charge in [-0.15, -0.1) is 11.3 Å². The maximum absolute atomic E-state index is 14.7. The van der Waals surface area contributed by atoms with Crippen molar-refractivity contribution in [2.45, 2.75) is 31.7 Å². The molecule has 2 heterocycles. The number of rotatable bonds is 7. The van der Waals surface area contributed by atoms with E-state index in [-0.39, 0.29) is 35.6 Å². The molecule has 0 spiro atoms. The Balaban J connectivity index is 1.36. The third-order valence-corrected chi connectivity index (χ3v) is 5.98. The van der Waals surface area contributed by atoms with Gasteiger partial charge in [-0.05, 0) is 42.7 Å². The van der Waals surface area contributed by atoms with E-state index in [1.54, 1.807) is 11.4 Å². The second-order valence-electron chi connectivity index (χ2n) is 7.51. The number of hydrogen-bond acceptors (Lipinski definition) is 5. The molecule has 1 aromatic heterocycles. The molecule has 0 aliphatic carbocycles. The van der Waals surface area contributed by atoms with Crippen LogP contribution in [0.4, 0.5) is 17.6 Å². The highest BCUT2D eigenvalue weighted by molar-refractivity contribution is 7.13. The molecule has 0 bridgehead atoms. The molecule has 1 aliphatic heterocycles. The van der Waals surface area contributed by atoms with Crippen LogP contribution in [-0.4, -0.2) is 30.1 Å². The first-order chi connectivity index (χ1) is 15.8. The molecule has 1 fully saturated rings. The minimum absolute atomic E-state index is 0.0107. The summed E-state index contributed by atoms with van der Waals surface area (Å²) in [6.45, 7) is 1.10. The van der Waals surface area contributed by atoms with Gasteiger partial charge in [-0.25, -0.2) is 9.37 Å². The minimum atomic E-state index is -4.40. The predicted octanol–water partition coefficient (Wildman–Crippen LogP) is 5.46. The lowest BCUT2D eigenvalue weighted by molar-refractivity contribution is -0.137. The lowest BCUT2D eigenvalue weighted by Crippen LogP contribution is -2.31. The highest BCUT2D eigenvalue weighted by Gasteiger charge is 2.29. The highest BCUT2D eigenvalue weighted by atomic mass is 32.1. The van der Waals surface area contributed by atoms with Crippen molar-refractivity contribution in [2.24, 2.45) is 0 Å². The van der Waals surface area contributed by atoms with Crippen LogP contribution in [0.25, 0.3) is 10.6 Å². The van der Waals surface area contributed by atoms with Gasteiger partial charge in [0.2, 0.25) is 0 Å². The lowest BCUT2D eigenvalue weighted by atomic mass is 10.1. The van der Waals surface area contributed by atoms with E-state index in [0.717, 1.165) is 36.3 Å². The minimum Gasteiger partial charge on any atom is -0.489 e. The Morgan fingerprint density at radius 2 is 2.00 bits per heavy atom. The van der Waals surface area contributed by atoms with Crippen molar-refractivity contribution >= 4 is 17.2 Å². The third kappa shape index (κ3) is 5.88. The van der Waals surface area contributed by atoms with E-state index in [4.69, 9.17) is 9.47 Å². The topological polar surface area (TPSA) is 60.5 Å².